The minimum absolute atomic E-state index is 0.0950. The highest BCUT2D eigenvalue weighted by atomic mass is 16.6. The van der Waals surface area contributed by atoms with E-state index in [1.807, 2.05) is 49.4 Å². The summed E-state index contributed by atoms with van der Waals surface area (Å²) in [5.41, 5.74) is 2.42. The molecule has 134 valence electrons. The molecule has 0 amide bonds. The molecule has 2 aromatic rings. The molecular weight excluding hydrogens is 308 g/mol. The van der Waals surface area contributed by atoms with E-state index in [1.54, 1.807) is 0 Å². The number of hydrogen-bond donors (Lipinski definition) is 0. The standard InChI is InChI=1S/C23H30O2/c1-6-23(5,17-16-18-12-8-7-9-13-18)25-21(24)19-14-10-11-15-20(19)22(2,3)4/h7-15H,6,16-17H2,1-5H3. The van der Waals surface area contributed by atoms with Crippen LogP contribution < -0.4 is 0 Å². The van der Waals surface area contributed by atoms with Crippen LogP contribution in [0.15, 0.2) is 54.6 Å². The Kier molecular flexibility index (Phi) is 6.05. The van der Waals surface area contributed by atoms with Crippen LogP contribution in [0.5, 0.6) is 0 Å². The van der Waals surface area contributed by atoms with Gasteiger partial charge in [0.1, 0.15) is 5.60 Å². The molecule has 0 aliphatic carbocycles. The lowest BCUT2D eigenvalue weighted by atomic mass is 9.83. The molecule has 0 aromatic heterocycles. The summed E-state index contributed by atoms with van der Waals surface area (Å²) in [7, 11) is 0. The Morgan fingerprint density at radius 3 is 2.12 bits per heavy atom. The van der Waals surface area contributed by atoms with Gasteiger partial charge in [0.2, 0.25) is 0 Å². The fourth-order valence-electron chi connectivity index (χ4n) is 2.95. The molecule has 0 aliphatic rings. The van der Waals surface area contributed by atoms with Crippen LogP contribution in [-0.4, -0.2) is 11.6 Å². The quantitative estimate of drug-likeness (QED) is 0.609. The van der Waals surface area contributed by atoms with Crippen LogP contribution in [0.4, 0.5) is 0 Å². The highest BCUT2D eigenvalue weighted by molar-refractivity contribution is 5.91. The smallest absolute Gasteiger partial charge is 0.338 e. The summed E-state index contributed by atoms with van der Waals surface area (Å²) >= 11 is 0. The largest absolute Gasteiger partial charge is 0.456 e. The predicted molar refractivity (Wildman–Crippen MR) is 104 cm³/mol. The molecule has 0 fully saturated rings. The van der Waals surface area contributed by atoms with Crippen LogP contribution in [0.25, 0.3) is 0 Å². The minimum Gasteiger partial charge on any atom is -0.456 e. The normalized spacial score (nSPS) is 14.0. The topological polar surface area (TPSA) is 26.3 Å². The van der Waals surface area contributed by atoms with Gasteiger partial charge < -0.3 is 4.74 Å². The zero-order valence-electron chi connectivity index (χ0n) is 16.1. The Balaban J connectivity index is 2.14. The molecule has 25 heavy (non-hydrogen) atoms. The van der Waals surface area contributed by atoms with Crippen LogP contribution >= 0.6 is 0 Å². The lowest BCUT2D eigenvalue weighted by Crippen LogP contribution is -2.32. The van der Waals surface area contributed by atoms with Crippen LogP contribution in [-0.2, 0) is 16.6 Å². The van der Waals surface area contributed by atoms with Gasteiger partial charge in [0.15, 0.2) is 0 Å². The monoisotopic (exact) mass is 338 g/mol. The van der Waals surface area contributed by atoms with Gasteiger partial charge in [-0.25, -0.2) is 4.79 Å². The second-order valence-corrected chi connectivity index (χ2v) is 7.97. The molecule has 0 saturated carbocycles. The number of benzene rings is 2. The molecule has 1 unspecified atom stereocenters. The summed E-state index contributed by atoms with van der Waals surface area (Å²) in [6.07, 6.45) is 2.51. The maximum Gasteiger partial charge on any atom is 0.338 e. The third kappa shape index (κ3) is 5.19. The lowest BCUT2D eigenvalue weighted by molar-refractivity contribution is -0.0154. The van der Waals surface area contributed by atoms with E-state index in [0.29, 0.717) is 5.56 Å². The second kappa shape index (κ2) is 7.86. The van der Waals surface area contributed by atoms with Crippen LogP contribution in [0.3, 0.4) is 0 Å². The fraction of sp³-hybridized carbons (Fsp3) is 0.435. The second-order valence-electron chi connectivity index (χ2n) is 7.97. The molecule has 0 bridgehead atoms. The summed E-state index contributed by atoms with van der Waals surface area (Å²) in [6.45, 7) is 10.5. The van der Waals surface area contributed by atoms with Crippen LogP contribution in [0.1, 0.15) is 68.9 Å². The van der Waals surface area contributed by atoms with Gasteiger partial charge in [-0.1, -0.05) is 76.2 Å². The number of rotatable bonds is 6. The Hall–Kier alpha value is -2.09. The fourth-order valence-corrected chi connectivity index (χ4v) is 2.95. The molecule has 0 heterocycles. The maximum absolute atomic E-state index is 12.9. The number of carbonyl (C=O) groups is 1. The van der Waals surface area contributed by atoms with E-state index in [9.17, 15) is 4.79 Å². The molecule has 2 nitrogen and oxygen atoms in total. The van der Waals surface area contributed by atoms with Gasteiger partial charge in [0.05, 0.1) is 5.56 Å². The molecule has 0 spiro atoms. The summed E-state index contributed by atoms with van der Waals surface area (Å²) < 4.78 is 5.99. The average Bonchev–Trinajstić information content (AvgIpc) is 2.60. The number of esters is 1. The van der Waals surface area contributed by atoms with Gasteiger partial charge in [0.25, 0.3) is 0 Å². The number of hydrogen-bond acceptors (Lipinski definition) is 2. The minimum atomic E-state index is -0.460. The van der Waals surface area contributed by atoms with Crippen molar-refractivity contribution in [3.05, 3.63) is 71.3 Å². The molecular formula is C23H30O2. The Bertz CT molecular complexity index is 698. The van der Waals surface area contributed by atoms with Crippen molar-refractivity contribution in [2.45, 2.75) is 64.9 Å². The van der Waals surface area contributed by atoms with E-state index in [1.165, 1.54) is 5.56 Å². The SMILES string of the molecule is CCC(C)(CCc1ccccc1)OC(=O)c1ccccc1C(C)(C)C. The summed E-state index contributed by atoms with van der Waals surface area (Å²) in [5, 5.41) is 0. The number of aryl methyl sites for hydroxylation is 1. The highest BCUT2D eigenvalue weighted by Gasteiger charge is 2.29. The van der Waals surface area contributed by atoms with Gasteiger partial charge in [0, 0.05) is 0 Å². The molecule has 0 aliphatic heterocycles. The van der Waals surface area contributed by atoms with Gasteiger partial charge in [-0.05, 0) is 48.8 Å². The van der Waals surface area contributed by atoms with Crippen molar-refractivity contribution >= 4 is 5.97 Å². The molecule has 1 atom stereocenters. The van der Waals surface area contributed by atoms with E-state index in [4.69, 9.17) is 4.74 Å². The molecule has 0 saturated heterocycles. The number of carbonyl (C=O) groups excluding carboxylic acids is 1. The zero-order valence-corrected chi connectivity index (χ0v) is 16.1. The van der Waals surface area contributed by atoms with E-state index >= 15 is 0 Å². The summed E-state index contributed by atoms with van der Waals surface area (Å²) in [4.78, 5) is 12.9. The Morgan fingerprint density at radius 2 is 1.52 bits per heavy atom. The zero-order chi connectivity index (χ0) is 18.5. The van der Waals surface area contributed by atoms with Crippen LogP contribution in [0, 0.1) is 0 Å². The lowest BCUT2D eigenvalue weighted by Gasteiger charge is -2.30. The van der Waals surface area contributed by atoms with E-state index in [2.05, 4.69) is 39.8 Å². The van der Waals surface area contributed by atoms with Gasteiger partial charge in [-0.2, -0.15) is 0 Å². The summed E-state index contributed by atoms with van der Waals surface area (Å²) in [5.74, 6) is -0.220. The van der Waals surface area contributed by atoms with Crippen molar-refractivity contribution in [3.63, 3.8) is 0 Å². The molecule has 0 radical (unpaired) electrons. The van der Waals surface area contributed by atoms with Crippen LogP contribution in [0.2, 0.25) is 0 Å². The molecule has 2 rings (SSSR count). The van der Waals surface area contributed by atoms with E-state index < -0.39 is 5.60 Å². The molecule has 2 aromatic carbocycles. The third-order valence-electron chi connectivity index (χ3n) is 4.83. The van der Waals surface area contributed by atoms with Crippen molar-refractivity contribution in [1.82, 2.24) is 0 Å². The van der Waals surface area contributed by atoms with Gasteiger partial charge >= 0.3 is 5.97 Å². The first-order valence-corrected chi connectivity index (χ1v) is 9.12. The Morgan fingerprint density at radius 1 is 0.920 bits per heavy atom. The van der Waals surface area contributed by atoms with Crippen molar-refractivity contribution in [2.24, 2.45) is 0 Å². The van der Waals surface area contributed by atoms with Crippen molar-refractivity contribution in [1.29, 1.82) is 0 Å². The Labute approximate surface area is 152 Å². The third-order valence-corrected chi connectivity index (χ3v) is 4.83. The summed E-state index contributed by atoms with van der Waals surface area (Å²) in [6, 6.07) is 18.1. The predicted octanol–water partition coefficient (Wildman–Crippen LogP) is 5.94. The first-order valence-electron chi connectivity index (χ1n) is 9.12. The van der Waals surface area contributed by atoms with Crippen molar-refractivity contribution < 1.29 is 9.53 Å². The van der Waals surface area contributed by atoms with Crippen molar-refractivity contribution in [2.75, 3.05) is 0 Å². The molecule has 2 heteroatoms. The number of ether oxygens (including phenoxy) is 1. The molecule has 0 N–H and O–H groups in total. The van der Waals surface area contributed by atoms with E-state index in [0.717, 1.165) is 24.8 Å². The first-order chi connectivity index (χ1) is 11.7. The van der Waals surface area contributed by atoms with Gasteiger partial charge in [-0.3, -0.25) is 0 Å². The average molecular weight is 338 g/mol. The maximum atomic E-state index is 12.9. The first kappa shape index (κ1) is 19.2. The highest BCUT2D eigenvalue weighted by Crippen LogP contribution is 2.29. The van der Waals surface area contributed by atoms with Crippen molar-refractivity contribution in [3.8, 4) is 0 Å². The van der Waals surface area contributed by atoms with Gasteiger partial charge in [-0.15, -0.1) is 0 Å². The van der Waals surface area contributed by atoms with E-state index in [-0.39, 0.29) is 11.4 Å².